The van der Waals surface area contributed by atoms with Gasteiger partial charge >= 0.3 is 0 Å². The topological polar surface area (TPSA) is 66.4 Å². The van der Waals surface area contributed by atoms with Crippen LogP contribution in [0.15, 0.2) is 54.1 Å². The van der Waals surface area contributed by atoms with E-state index in [-0.39, 0.29) is 11.3 Å². The second-order valence-electron chi connectivity index (χ2n) is 5.77. The second kappa shape index (κ2) is 5.72. The van der Waals surface area contributed by atoms with Gasteiger partial charge < -0.3 is 10.4 Å². The zero-order valence-electron chi connectivity index (χ0n) is 13.0. The number of nitrogens with one attached hydrogen (secondary N) is 1. The summed E-state index contributed by atoms with van der Waals surface area (Å²) in [6.45, 7) is 3.90. The summed E-state index contributed by atoms with van der Waals surface area (Å²) in [5.41, 5.74) is 3.52. The van der Waals surface area contributed by atoms with Crippen molar-refractivity contribution in [3.05, 3.63) is 76.4 Å². The van der Waals surface area contributed by atoms with Crippen molar-refractivity contribution in [3.63, 3.8) is 0 Å². The lowest BCUT2D eigenvalue weighted by atomic mass is 9.95. The Hall–Kier alpha value is -2.88. The molecule has 0 spiro atoms. The van der Waals surface area contributed by atoms with Crippen LogP contribution in [0.3, 0.4) is 0 Å². The summed E-state index contributed by atoms with van der Waals surface area (Å²) in [5.74, 6) is -1.53. The third-order valence-electron chi connectivity index (χ3n) is 4.01. The molecule has 1 amide bonds. The van der Waals surface area contributed by atoms with Crippen LogP contribution in [0.2, 0.25) is 0 Å². The van der Waals surface area contributed by atoms with Gasteiger partial charge in [-0.15, -0.1) is 0 Å². The average molecular weight is 307 g/mol. The number of carbonyl (C=O) groups is 2. The number of hydrogen-bond acceptors (Lipinski definition) is 3. The molecule has 0 radical (unpaired) electrons. The quantitative estimate of drug-likeness (QED) is 0.509. The molecule has 0 aliphatic carbocycles. The summed E-state index contributed by atoms with van der Waals surface area (Å²) in [6.07, 6.45) is 0. The van der Waals surface area contributed by atoms with E-state index in [9.17, 15) is 14.7 Å². The Labute approximate surface area is 134 Å². The highest BCUT2D eigenvalue weighted by atomic mass is 16.3. The van der Waals surface area contributed by atoms with Crippen molar-refractivity contribution in [3.8, 4) is 0 Å². The predicted molar refractivity (Wildman–Crippen MR) is 87.8 cm³/mol. The molecule has 1 aliphatic heterocycles. The summed E-state index contributed by atoms with van der Waals surface area (Å²) < 4.78 is 0. The van der Waals surface area contributed by atoms with Gasteiger partial charge in [-0.05, 0) is 19.4 Å². The molecule has 1 aliphatic rings. The summed E-state index contributed by atoms with van der Waals surface area (Å²) in [7, 11) is 0. The maximum atomic E-state index is 12.2. The minimum absolute atomic E-state index is 0.0997. The van der Waals surface area contributed by atoms with Gasteiger partial charge in [0.15, 0.2) is 0 Å². The van der Waals surface area contributed by atoms with E-state index < -0.39 is 17.7 Å². The van der Waals surface area contributed by atoms with Crippen LogP contribution in [0.5, 0.6) is 0 Å². The van der Waals surface area contributed by atoms with Crippen molar-refractivity contribution in [1.29, 1.82) is 0 Å². The Morgan fingerprint density at radius 3 is 2.00 bits per heavy atom. The summed E-state index contributed by atoms with van der Waals surface area (Å²) >= 11 is 0. The van der Waals surface area contributed by atoms with Gasteiger partial charge in [-0.3, -0.25) is 9.59 Å². The van der Waals surface area contributed by atoms with Gasteiger partial charge in [0.25, 0.3) is 11.7 Å². The van der Waals surface area contributed by atoms with E-state index in [2.05, 4.69) is 5.32 Å². The second-order valence-corrected chi connectivity index (χ2v) is 5.77. The molecular weight excluding hydrogens is 290 g/mol. The van der Waals surface area contributed by atoms with Crippen LogP contribution in [0.1, 0.15) is 28.3 Å². The van der Waals surface area contributed by atoms with E-state index in [0.29, 0.717) is 5.56 Å². The summed E-state index contributed by atoms with van der Waals surface area (Å²) in [4.78, 5) is 24.0. The molecule has 4 heteroatoms. The van der Waals surface area contributed by atoms with Gasteiger partial charge in [0, 0.05) is 5.56 Å². The van der Waals surface area contributed by atoms with Crippen molar-refractivity contribution in [2.24, 2.45) is 0 Å². The van der Waals surface area contributed by atoms with Crippen LogP contribution in [-0.2, 0) is 9.59 Å². The smallest absolute Gasteiger partial charge is 0.293 e. The van der Waals surface area contributed by atoms with E-state index in [4.69, 9.17) is 0 Å². The van der Waals surface area contributed by atoms with Crippen LogP contribution in [0.25, 0.3) is 5.76 Å². The van der Waals surface area contributed by atoms with Crippen LogP contribution in [-0.4, -0.2) is 16.8 Å². The van der Waals surface area contributed by atoms with Gasteiger partial charge in [0.1, 0.15) is 5.76 Å². The minimum Gasteiger partial charge on any atom is -0.507 e. The highest BCUT2D eigenvalue weighted by Crippen LogP contribution is 2.32. The molecule has 3 rings (SSSR count). The van der Waals surface area contributed by atoms with Gasteiger partial charge in [-0.1, -0.05) is 59.7 Å². The van der Waals surface area contributed by atoms with Crippen molar-refractivity contribution in [1.82, 2.24) is 5.32 Å². The number of carbonyl (C=O) groups excluding carboxylic acids is 2. The standard InChI is InChI=1S/C19H17NO3/c1-11-3-7-13(8-4-11)16-15(18(22)19(23)20-16)17(21)14-9-5-12(2)6-10-14/h3-10,16,21H,1-2H3,(H,20,23)/b17-15+. The molecule has 0 saturated carbocycles. The van der Waals surface area contributed by atoms with E-state index in [0.717, 1.165) is 16.7 Å². The zero-order valence-corrected chi connectivity index (χ0v) is 13.0. The van der Waals surface area contributed by atoms with E-state index in [1.54, 1.807) is 12.1 Å². The van der Waals surface area contributed by atoms with E-state index in [1.165, 1.54) is 0 Å². The van der Waals surface area contributed by atoms with Crippen molar-refractivity contribution in [2.45, 2.75) is 19.9 Å². The Morgan fingerprint density at radius 1 is 0.913 bits per heavy atom. The van der Waals surface area contributed by atoms with E-state index in [1.807, 2.05) is 50.2 Å². The number of amides is 1. The molecule has 0 aromatic heterocycles. The molecule has 1 atom stereocenters. The molecule has 4 nitrogen and oxygen atoms in total. The molecule has 2 aromatic carbocycles. The molecule has 116 valence electrons. The molecule has 1 unspecified atom stereocenters. The van der Waals surface area contributed by atoms with Crippen LogP contribution < -0.4 is 5.32 Å². The Bertz CT molecular complexity index is 802. The number of rotatable bonds is 2. The molecule has 1 heterocycles. The lowest BCUT2D eigenvalue weighted by Crippen LogP contribution is -2.21. The van der Waals surface area contributed by atoms with Crippen molar-refractivity contribution >= 4 is 17.4 Å². The fraction of sp³-hybridized carbons (Fsp3) is 0.158. The number of aliphatic hydroxyl groups is 1. The minimum atomic E-state index is -0.691. The molecule has 23 heavy (non-hydrogen) atoms. The maximum Gasteiger partial charge on any atom is 0.293 e. The fourth-order valence-electron chi connectivity index (χ4n) is 2.64. The summed E-state index contributed by atoms with van der Waals surface area (Å²) in [5, 5.41) is 13.2. The number of aryl methyl sites for hydroxylation is 2. The number of Topliss-reactive ketones (excluding diaryl/α,β-unsaturated/α-hetero) is 1. The number of ketones is 1. The first-order valence-electron chi connectivity index (χ1n) is 7.39. The lowest BCUT2D eigenvalue weighted by molar-refractivity contribution is -0.133. The van der Waals surface area contributed by atoms with Crippen LogP contribution in [0, 0.1) is 13.8 Å². The Morgan fingerprint density at radius 2 is 1.43 bits per heavy atom. The zero-order chi connectivity index (χ0) is 16.6. The van der Waals surface area contributed by atoms with E-state index >= 15 is 0 Å². The van der Waals surface area contributed by atoms with Crippen LogP contribution in [0.4, 0.5) is 0 Å². The average Bonchev–Trinajstić information content (AvgIpc) is 2.84. The number of benzene rings is 2. The Balaban J connectivity index is 2.10. The van der Waals surface area contributed by atoms with Gasteiger partial charge in [-0.2, -0.15) is 0 Å². The molecule has 0 bridgehead atoms. The SMILES string of the molecule is Cc1ccc(/C(O)=C2\C(=O)C(=O)NC2c2ccc(C)cc2)cc1. The molecular formula is C19H17NO3. The number of aliphatic hydroxyl groups excluding tert-OH is 1. The maximum absolute atomic E-state index is 12.2. The monoisotopic (exact) mass is 307 g/mol. The fourth-order valence-corrected chi connectivity index (χ4v) is 2.64. The highest BCUT2D eigenvalue weighted by Gasteiger charge is 2.39. The molecule has 2 N–H and O–H groups in total. The first kappa shape index (κ1) is 15.0. The predicted octanol–water partition coefficient (Wildman–Crippen LogP) is 3.01. The van der Waals surface area contributed by atoms with Gasteiger partial charge in [0.2, 0.25) is 0 Å². The molecule has 1 fully saturated rings. The number of hydrogen-bond donors (Lipinski definition) is 2. The van der Waals surface area contributed by atoms with Gasteiger partial charge in [0.05, 0.1) is 11.6 Å². The third-order valence-corrected chi connectivity index (χ3v) is 4.01. The van der Waals surface area contributed by atoms with Crippen LogP contribution >= 0.6 is 0 Å². The van der Waals surface area contributed by atoms with Crippen molar-refractivity contribution in [2.75, 3.05) is 0 Å². The normalized spacial score (nSPS) is 19.7. The Kier molecular flexibility index (Phi) is 3.74. The van der Waals surface area contributed by atoms with Crippen molar-refractivity contribution < 1.29 is 14.7 Å². The molecule has 1 saturated heterocycles. The first-order valence-corrected chi connectivity index (χ1v) is 7.39. The van der Waals surface area contributed by atoms with Gasteiger partial charge in [-0.25, -0.2) is 0 Å². The molecule has 2 aromatic rings. The highest BCUT2D eigenvalue weighted by molar-refractivity contribution is 6.46. The largest absolute Gasteiger partial charge is 0.507 e. The summed E-state index contributed by atoms with van der Waals surface area (Å²) in [6, 6.07) is 14.1. The first-order chi connectivity index (χ1) is 11.0. The third kappa shape index (κ3) is 2.75. The lowest BCUT2D eigenvalue weighted by Gasteiger charge is -2.14.